The third-order valence-electron chi connectivity index (χ3n) is 5.08. The van der Waals surface area contributed by atoms with Crippen LogP contribution in [0, 0.1) is 6.92 Å². The van der Waals surface area contributed by atoms with Crippen LogP contribution in [-0.4, -0.2) is 36.9 Å². The van der Waals surface area contributed by atoms with Crippen LogP contribution in [0.2, 0.25) is 0 Å². The van der Waals surface area contributed by atoms with Gasteiger partial charge in [-0.25, -0.2) is 0 Å². The van der Waals surface area contributed by atoms with Crippen LogP contribution in [0.15, 0.2) is 48.8 Å². The van der Waals surface area contributed by atoms with E-state index in [4.69, 9.17) is 0 Å². The Kier molecular flexibility index (Phi) is 5.33. The van der Waals surface area contributed by atoms with Crippen molar-refractivity contribution >= 4 is 22.9 Å². The zero-order chi connectivity index (χ0) is 21.3. The van der Waals surface area contributed by atoms with Crippen molar-refractivity contribution in [1.29, 1.82) is 0 Å². The van der Waals surface area contributed by atoms with E-state index < -0.39 is 0 Å². The lowest BCUT2D eigenvalue weighted by Gasteiger charge is -2.09. The van der Waals surface area contributed by atoms with E-state index in [0.717, 1.165) is 33.8 Å². The lowest BCUT2D eigenvalue weighted by molar-refractivity contribution is -0.110. The van der Waals surface area contributed by atoms with Crippen LogP contribution in [0.25, 0.3) is 16.8 Å². The number of allylic oxidation sites excluding steroid dienone is 1. The Morgan fingerprint density at radius 2 is 2.13 bits per heavy atom. The zero-order valence-electron chi connectivity index (χ0n) is 17.2. The van der Waals surface area contributed by atoms with E-state index in [0.29, 0.717) is 24.2 Å². The number of pyridine rings is 2. The van der Waals surface area contributed by atoms with Crippen molar-refractivity contribution in [1.82, 2.24) is 19.7 Å². The fraction of sp³-hybridized carbons (Fsp3) is 0.273. The summed E-state index contributed by atoms with van der Waals surface area (Å²) < 4.78 is 1.77. The summed E-state index contributed by atoms with van der Waals surface area (Å²) in [7, 11) is 0. The van der Waals surface area contributed by atoms with E-state index in [1.54, 1.807) is 36.4 Å². The molecular weight excluding hydrogens is 380 g/mol. The summed E-state index contributed by atoms with van der Waals surface area (Å²) in [5.41, 5.74) is 6.35. The first-order chi connectivity index (χ1) is 14.4. The number of nitrogens with one attached hydrogen (secondary N) is 2. The second-order valence-electron chi connectivity index (χ2n) is 7.51. The van der Waals surface area contributed by atoms with Crippen molar-refractivity contribution in [2.24, 2.45) is 0 Å². The van der Waals surface area contributed by atoms with Gasteiger partial charge in [-0.15, -0.1) is 0 Å². The normalized spacial score (nSPS) is 15.5. The molecule has 8 heteroatoms. The van der Waals surface area contributed by atoms with E-state index in [-0.39, 0.29) is 12.0 Å². The lowest BCUT2D eigenvalue weighted by Crippen LogP contribution is -2.09. The molecule has 4 heterocycles. The summed E-state index contributed by atoms with van der Waals surface area (Å²) in [4.78, 5) is 21.4. The first-order valence-electron chi connectivity index (χ1n) is 9.83. The molecule has 4 rings (SSSR count). The van der Waals surface area contributed by atoms with Gasteiger partial charge in [0, 0.05) is 42.0 Å². The summed E-state index contributed by atoms with van der Waals surface area (Å²) in [6, 6.07) is 3.86. The van der Waals surface area contributed by atoms with E-state index >= 15 is 0 Å². The van der Waals surface area contributed by atoms with Gasteiger partial charge in [0.05, 0.1) is 41.1 Å². The molecule has 1 atom stereocenters. The molecule has 0 bridgehead atoms. The number of carbonyl (C=O) groups excluding carboxylic acids is 1. The van der Waals surface area contributed by atoms with E-state index in [9.17, 15) is 9.90 Å². The molecule has 3 aromatic rings. The molecule has 0 radical (unpaired) electrons. The number of carbonyl (C=O) groups is 1. The van der Waals surface area contributed by atoms with Gasteiger partial charge in [-0.3, -0.25) is 19.4 Å². The first-order valence-corrected chi connectivity index (χ1v) is 9.83. The van der Waals surface area contributed by atoms with E-state index in [1.807, 2.05) is 32.2 Å². The quantitative estimate of drug-likeness (QED) is 0.545. The summed E-state index contributed by atoms with van der Waals surface area (Å²) in [5.74, 6) is -0.168. The molecule has 0 aromatic carbocycles. The fourth-order valence-electron chi connectivity index (χ4n) is 3.47. The summed E-state index contributed by atoms with van der Waals surface area (Å²) in [6.07, 6.45) is 9.03. The number of anilines is 2. The second-order valence-corrected chi connectivity index (χ2v) is 7.51. The predicted octanol–water partition coefficient (Wildman–Crippen LogP) is 3.21. The second kappa shape index (κ2) is 8.08. The highest BCUT2D eigenvalue weighted by atomic mass is 16.3. The van der Waals surface area contributed by atoms with Gasteiger partial charge in [0.1, 0.15) is 0 Å². The van der Waals surface area contributed by atoms with Crippen LogP contribution < -0.4 is 10.6 Å². The molecule has 3 aromatic heterocycles. The zero-order valence-corrected chi connectivity index (χ0v) is 17.2. The number of aromatic nitrogens is 4. The third-order valence-corrected chi connectivity index (χ3v) is 5.08. The number of hydrogen-bond donors (Lipinski definition) is 3. The minimum Gasteiger partial charge on any atom is -0.393 e. The maximum absolute atomic E-state index is 12.7. The van der Waals surface area contributed by atoms with E-state index in [2.05, 4.69) is 25.7 Å². The van der Waals surface area contributed by atoms with Crippen LogP contribution in [0.4, 0.5) is 11.4 Å². The SMILES string of the molecule is C/C(Nc1cnn(CC[C@@H](C)O)c1)=C1/C(=O)Nc2cnc(-c3cnccc3C)cc21. The smallest absolute Gasteiger partial charge is 0.258 e. The average Bonchev–Trinajstić information content (AvgIpc) is 3.29. The highest BCUT2D eigenvalue weighted by molar-refractivity contribution is 6.32. The number of fused-ring (bicyclic) bond motifs is 1. The maximum atomic E-state index is 12.7. The molecule has 3 N–H and O–H groups in total. The first kappa shape index (κ1) is 19.8. The largest absolute Gasteiger partial charge is 0.393 e. The number of aliphatic hydroxyl groups is 1. The van der Waals surface area contributed by atoms with Crippen molar-refractivity contribution in [2.75, 3.05) is 10.6 Å². The van der Waals surface area contributed by atoms with Gasteiger partial charge >= 0.3 is 0 Å². The van der Waals surface area contributed by atoms with Crippen LogP contribution >= 0.6 is 0 Å². The van der Waals surface area contributed by atoms with Gasteiger partial charge in [-0.05, 0) is 44.9 Å². The molecular formula is C22H24N6O2. The highest BCUT2D eigenvalue weighted by Crippen LogP contribution is 2.36. The summed E-state index contributed by atoms with van der Waals surface area (Å²) in [5, 5.41) is 19.9. The van der Waals surface area contributed by atoms with Gasteiger partial charge in [0.15, 0.2) is 0 Å². The van der Waals surface area contributed by atoms with Crippen molar-refractivity contribution < 1.29 is 9.90 Å². The maximum Gasteiger partial charge on any atom is 0.258 e. The Bertz CT molecular complexity index is 1130. The minimum atomic E-state index is -0.376. The Balaban J connectivity index is 1.64. The lowest BCUT2D eigenvalue weighted by atomic mass is 10.0. The standard InChI is InChI=1S/C22H24N6O2/c1-13-4-6-23-10-18(13)19-8-17-20(11-24-19)27-22(30)21(17)15(3)26-16-9-25-28(12-16)7-5-14(2)29/h4,6,8-12,14,26,29H,5,7H2,1-3H3,(H,27,30)/b21-15-/t14-/m1/s1. The molecule has 1 aliphatic rings. The topological polar surface area (TPSA) is 105 Å². The van der Waals surface area contributed by atoms with Crippen molar-refractivity contribution in [3.05, 3.63) is 59.9 Å². The minimum absolute atomic E-state index is 0.168. The number of hydrogen-bond acceptors (Lipinski definition) is 6. The van der Waals surface area contributed by atoms with Gasteiger partial charge < -0.3 is 15.7 Å². The molecule has 0 saturated heterocycles. The molecule has 1 amide bonds. The van der Waals surface area contributed by atoms with Gasteiger partial charge in [-0.2, -0.15) is 5.10 Å². The van der Waals surface area contributed by atoms with Crippen molar-refractivity contribution in [3.63, 3.8) is 0 Å². The average molecular weight is 404 g/mol. The van der Waals surface area contributed by atoms with Crippen LogP contribution in [0.1, 0.15) is 31.4 Å². The molecule has 8 nitrogen and oxygen atoms in total. The molecule has 0 aliphatic carbocycles. The fourth-order valence-corrected chi connectivity index (χ4v) is 3.47. The summed E-state index contributed by atoms with van der Waals surface area (Å²) in [6.45, 7) is 6.25. The van der Waals surface area contributed by atoms with Crippen molar-refractivity contribution in [2.45, 2.75) is 39.8 Å². The Morgan fingerprint density at radius 3 is 2.90 bits per heavy atom. The van der Waals surface area contributed by atoms with Crippen molar-refractivity contribution in [3.8, 4) is 11.3 Å². The van der Waals surface area contributed by atoms with Gasteiger partial charge in [0.25, 0.3) is 5.91 Å². The number of nitrogens with zero attached hydrogens (tertiary/aromatic N) is 4. The number of amides is 1. The van der Waals surface area contributed by atoms with E-state index in [1.165, 1.54) is 0 Å². The molecule has 154 valence electrons. The number of rotatable bonds is 6. The predicted molar refractivity (Wildman–Crippen MR) is 116 cm³/mol. The van der Waals surface area contributed by atoms with Gasteiger partial charge in [0.2, 0.25) is 0 Å². The molecule has 0 saturated carbocycles. The van der Waals surface area contributed by atoms with Crippen LogP contribution in [-0.2, 0) is 11.3 Å². The molecule has 30 heavy (non-hydrogen) atoms. The number of aryl methyl sites for hydroxylation is 2. The third kappa shape index (κ3) is 3.95. The molecule has 1 aliphatic heterocycles. The number of aliphatic hydroxyl groups excluding tert-OH is 1. The highest BCUT2D eigenvalue weighted by Gasteiger charge is 2.27. The summed E-state index contributed by atoms with van der Waals surface area (Å²) >= 11 is 0. The Labute approximate surface area is 174 Å². The monoisotopic (exact) mass is 404 g/mol. The molecule has 0 unspecified atom stereocenters. The Hall–Kier alpha value is -3.52. The van der Waals surface area contributed by atoms with Crippen LogP contribution in [0.5, 0.6) is 0 Å². The molecule has 0 spiro atoms. The van der Waals surface area contributed by atoms with Crippen LogP contribution in [0.3, 0.4) is 0 Å². The Morgan fingerprint density at radius 1 is 1.30 bits per heavy atom. The van der Waals surface area contributed by atoms with Gasteiger partial charge in [-0.1, -0.05) is 0 Å². The molecule has 0 fully saturated rings.